The van der Waals surface area contributed by atoms with E-state index in [0.717, 1.165) is 11.4 Å². The average molecular weight is 414 g/mol. The van der Waals surface area contributed by atoms with Crippen LogP contribution in [0.1, 0.15) is 44.2 Å². The Morgan fingerprint density at radius 2 is 1.72 bits per heavy atom. The summed E-state index contributed by atoms with van der Waals surface area (Å²) in [6.07, 6.45) is 0. The van der Waals surface area contributed by atoms with E-state index in [9.17, 15) is 14.7 Å². The molecule has 1 fully saturated rings. The Labute approximate surface area is 176 Å². The van der Waals surface area contributed by atoms with Crippen LogP contribution in [-0.2, 0) is 9.59 Å². The predicted molar refractivity (Wildman–Crippen MR) is 116 cm³/mol. The summed E-state index contributed by atoms with van der Waals surface area (Å²) < 4.78 is 0. The van der Waals surface area contributed by atoms with Crippen LogP contribution >= 0.6 is 11.3 Å². The molecule has 1 aromatic carbocycles. The second-order valence-electron chi connectivity index (χ2n) is 8.01. The van der Waals surface area contributed by atoms with Crippen molar-refractivity contribution >= 4 is 28.8 Å². The molecule has 2 heterocycles. The Morgan fingerprint density at radius 3 is 2.28 bits per heavy atom. The van der Waals surface area contributed by atoms with Gasteiger partial charge in [0.15, 0.2) is 0 Å². The number of quaternary nitrogens is 1. The van der Waals surface area contributed by atoms with Gasteiger partial charge in [-0.2, -0.15) is 0 Å². The van der Waals surface area contributed by atoms with Crippen molar-refractivity contribution in [2.45, 2.75) is 45.8 Å². The van der Waals surface area contributed by atoms with Gasteiger partial charge in [0.25, 0.3) is 11.7 Å². The van der Waals surface area contributed by atoms with Crippen molar-refractivity contribution in [3.63, 3.8) is 0 Å². The topological polar surface area (TPSA) is 62.0 Å². The number of ketones is 1. The summed E-state index contributed by atoms with van der Waals surface area (Å²) in [4.78, 5) is 29.8. The van der Waals surface area contributed by atoms with E-state index in [1.165, 1.54) is 16.2 Å². The van der Waals surface area contributed by atoms with E-state index in [1.54, 1.807) is 29.2 Å². The van der Waals surface area contributed by atoms with Crippen LogP contribution in [0.15, 0.2) is 53.4 Å². The van der Waals surface area contributed by atoms with Gasteiger partial charge in [0.1, 0.15) is 5.76 Å². The van der Waals surface area contributed by atoms with Crippen molar-refractivity contribution in [2.24, 2.45) is 0 Å². The molecule has 1 saturated heterocycles. The highest BCUT2D eigenvalue weighted by atomic mass is 32.1. The first kappa shape index (κ1) is 21.3. The Hall–Kier alpha value is -2.44. The molecule has 0 spiro atoms. The lowest BCUT2D eigenvalue weighted by atomic mass is 10.00. The minimum Gasteiger partial charge on any atom is -0.507 e. The molecule has 1 aliphatic rings. The van der Waals surface area contributed by atoms with Crippen LogP contribution in [0.4, 0.5) is 0 Å². The van der Waals surface area contributed by atoms with Gasteiger partial charge in [-0.05, 0) is 39.1 Å². The number of carbonyl (C=O) groups is 2. The predicted octanol–water partition coefficient (Wildman–Crippen LogP) is 2.87. The number of thiophene rings is 1. The molecule has 1 aromatic heterocycles. The van der Waals surface area contributed by atoms with Crippen LogP contribution in [0.2, 0.25) is 0 Å². The number of nitrogens with one attached hydrogen (secondary N) is 1. The molecule has 1 atom stereocenters. The molecule has 0 aliphatic carbocycles. The minimum absolute atomic E-state index is 0.109. The maximum atomic E-state index is 12.9. The van der Waals surface area contributed by atoms with Crippen molar-refractivity contribution in [3.05, 3.63) is 63.9 Å². The van der Waals surface area contributed by atoms with Crippen LogP contribution in [-0.4, -0.2) is 46.9 Å². The standard InChI is InChI=1S/C23H28N2O3S/c1-15(2)24(16(3)4)12-13-25-20(18-11-8-14-29-18)19(22(27)23(25)28)21(26)17-9-6-5-7-10-17/h5-11,14-16,20,26H,12-13H2,1-4H3/p+1/t20-/m0/s1. The Bertz CT molecular complexity index is 880. The van der Waals surface area contributed by atoms with Crippen LogP contribution in [0.25, 0.3) is 5.76 Å². The molecular weight excluding hydrogens is 384 g/mol. The third kappa shape index (κ3) is 4.28. The summed E-state index contributed by atoms with van der Waals surface area (Å²) >= 11 is 1.49. The van der Waals surface area contributed by atoms with Gasteiger partial charge >= 0.3 is 0 Å². The van der Waals surface area contributed by atoms with Gasteiger partial charge in [-0.1, -0.05) is 36.4 Å². The number of Topliss-reactive ketones (excluding diaryl/α,β-unsaturated/α-hetero) is 1. The quantitative estimate of drug-likeness (QED) is 0.417. The lowest BCUT2D eigenvalue weighted by Gasteiger charge is -2.31. The van der Waals surface area contributed by atoms with Crippen molar-refractivity contribution < 1.29 is 19.6 Å². The maximum absolute atomic E-state index is 12.9. The SMILES string of the molecule is CC(C)[NH+](CCN1C(=O)C(=O)C(=C(O)c2ccccc2)[C@@H]1c1cccs1)C(C)C. The summed E-state index contributed by atoms with van der Waals surface area (Å²) in [5.74, 6) is -1.25. The number of carbonyl (C=O) groups excluding carboxylic acids is 2. The maximum Gasteiger partial charge on any atom is 0.295 e. The Morgan fingerprint density at radius 1 is 1.07 bits per heavy atom. The molecule has 0 bridgehead atoms. The number of rotatable bonds is 7. The van der Waals surface area contributed by atoms with Crippen LogP contribution in [0.5, 0.6) is 0 Å². The second-order valence-corrected chi connectivity index (χ2v) is 8.99. The Balaban J connectivity index is 2.01. The normalized spacial score (nSPS) is 19.1. The van der Waals surface area contributed by atoms with E-state index in [4.69, 9.17) is 0 Å². The zero-order chi connectivity index (χ0) is 21.1. The van der Waals surface area contributed by atoms with Crippen molar-refractivity contribution in [1.29, 1.82) is 0 Å². The van der Waals surface area contributed by atoms with E-state index in [1.807, 2.05) is 23.6 Å². The number of aliphatic hydroxyl groups excluding tert-OH is 1. The van der Waals surface area contributed by atoms with Crippen molar-refractivity contribution in [2.75, 3.05) is 13.1 Å². The molecule has 2 N–H and O–H groups in total. The van der Waals surface area contributed by atoms with Crippen LogP contribution < -0.4 is 4.90 Å². The molecule has 1 aliphatic heterocycles. The fraction of sp³-hybridized carbons (Fsp3) is 0.391. The summed E-state index contributed by atoms with van der Waals surface area (Å²) in [7, 11) is 0. The van der Waals surface area contributed by atoms with Gasteiger partial charge in [0.2, 0.25) is 0 Å². The molecule has 0 unspecified atom stereocenters. The molecule has 29 heavy (non-hydrogen) atoms. The smallest absolute Gasteiger partial charge is 0.295 e. The number of hydrogen-bond donors (Lipinski definition) is 2. The zero-order valence-corrected chi connectivity index (χ0v) is 18.2. The fourth-order valence-corrected chi connectivity index (χ4v) is 4.94. The lowest BCUT2D eigenvalue weighted by Crippen LogP contribution is -3.18. The monoisotopic (exact) mass is 413 g/mol. The number of likely N-dealkylation sites (tertiary alicyclic amines) is 1. The molecule has 1 amide bonds. The zero-order valence-electron chi connectivity index (χ0n) is 17.4. The fourth-order valence-electron chi connectivity index (χ4n) is 4.10. The molecule has 5 nitrogen and oxygen atoms in total. The van der Waals surface area contributed by atoms with Crippen LogP contribution in [0.3, 0.4) is 0 Å². The summed E-state index contributed by atoms with van der Waals surface area (Å²) in [5.41, 5.74) is 0.725. The lowest BCUT2D eigenvalue weighted by molar-refractivity contribution is -0.941. The second kappa shape index (κ2) is 8.93. The third-order valence-corrected chi connectivity index (χ3v) is 6.45. The van der Waals surface area contributed by atoms with Gasteiger partial charge < -0.3 is 14.9 Å². The van der Waals surface area contributed by atoms with E-state index in [0.29, 0.717) is 24.2 Å². The Kier molecular flexibility index (Phi) is 6.55. The van der Waals surface area contributed by atoms with Crippen LogP contribution in [0, 0.1) is 0 Å². The van der Waals surface area contributed by atoms with Gasteiger partial charge in [0, 0.05) is 10.4 Å². The number of hydrogen-bond acceptors (Lipinski definition) is 4. The first-order chi connectivity index (χ1) is 13.8. The minimum atomic E-state index is -0.611. The average Bonchev–Trinajstić information content (AvgIpc) is 3.30. The number of amides is 1. The van der Waals surface area contributed by atoms with Gasteiger partial charge in [-0.25, -0.2) is 0 Å². The highest BCUT2D eigenvalue weighted by Gasteiger charge is 2.46. The number of benzene rings is 1. The highest BCUT2D eigenvalue weighted by Crippen LogP contribution is 2.40. The third-order valence-electron chi connectivity index (χ3n) is 5.52. The van der Waals surface area contributed by atoms with Gasteiger partial charge in [0.05, 0.1) is 36.8 Å². The van der Waals surface area contributed by atoms with Gasteiger partial charge in [-0.3, -0.25) is 9.59 Å². The first-order valence-corrected chi connectivity index (χ1v) is 10.9. The number of nitrogens with zero attached hydrogens (tertiary/aromatic N) is 1. The van der Waals surface area contributed by atoms with Gasteiger partial charge in [-0.15, -0.1) is 11.3 Å². The van der Waals surface area contributed by atoms with E-state index >= 15 is 0 Å². The summed E-state index contributed by atoms with van der Waals surface area (Å²) in [5, 5.41) is 12.9. The van der Waals surface area contributed by atoms with E-state index < -0.39 is 17.7 Å². The summed E-state index contributed by atoms with van der Waals surface area (Å²) in [6.45, 7) is 9.86. The molecular formula is C23H29N2O3S+. The molecule has 2 aromatic rings. The van der Waals surface area contributed by atoms with E-state index in [-0.39, 0.29) is 11.3 Å². The highest BCUT2D eigenvalue weighted by molar-refractivity contribution is 7.10. The molecule has 0 saturated carbocycles. The molecule has 154 valence electrons. The number of aliphatic hydroxyl groups is 1. The summed E-state index contributed by atoms with van der Waals surface area (Å²) in [6, 6.07) is 13.1. The van der Waals surface area contributed by atoms with Crippen molar-refractivity contribution in [3.8, 4) is 0 Å². The first-order valence-electron chi connectivity index (χ1n) is 10.1. The molecule has 3 rings (SSSR count). The largest absolute Gasteiger partial charge is 0.507 e. The molecule has 0 radical (unpaired) electrons. The van der Waals surface area contributed by atoms with E-state index in [2.05, 4.69) is 27.7 Å². The van der Waals surface area contributed by atoms with Crippen molar-refractivity contribution in [1.82, 2.24) is 4.90 Å². The molecule has 6 heteroatoms.